The SMILES string of the molecule is O=C(CSc1ncnc2ccccc12)N1CCN(Cc2ccccc2)CC1. The summed E-state index contributed by atoms with van der Waals surface area (Å²) in [5.74, 6) is 0.599. The Hall–Kier alpha value is -2.44. The van der Waals surface area contributed by atoms with Gasteiger partial charge in [0.25, 0.3) is 0 Å². The monoisotopic (exact) mass is 378 g/mol. The molecule has 0 spiro atoms. The molecule has 0 aliphatic carbocycles. The molecule has 6 heteroatoms. The largest absolute Gasteiger partial charge is 0.339 e. The molecule has 4 rings (SSSR count). The summed E-state index contributed by atoms with van der Waals surface area (Å²) in [6.45, 7) is 4.36. The van der Waals surface area contributed by atoms with Crippen molar-refractivity contribution < 1.29 is 4.79 Å². The zero-order valence-corrected chi connectivity index (χ0v) is 15.9. The molecule has 0 bridgehead atoms. The van der Waals surface area contributed by atoms with Crippen LogP contribution in [-0.2, 0) is 11.3 Å². The molecule has 138 valence electrons. The van der Waals surface area contributed by atoms with Gasteiger partial charge in [-0.25, -0.2) is 9.97 Å². The first-order valence-electron chi connectivity index (χ1n) is 9.16. The second-order valence-corrected chi connectivity index (χ2v) is 7.59. The molecule has 27 heavy (non-hydrogen) atoms. The molecule has 0 saturated carbocycles. The van der Waals surface area contributed by atoms with Crippen LogP contribution in [0.3, 0.4) is 0 Å². The van der Waals surface area contributed by atoms with E-state index in [0.717, 1.165) is 48.7 Å². The Kier molecular flexibility index (Phi) is 5.65. The summed E-state index contributed by atoms with van der Waals surface area (Å²) < 4.78 is 0. The van der Waals surface area contributed by atoms with Crippen LogP contribution in [0.25, 0.3) is 10.9 Å². The minimum atomic E-state index is 0.182. The third kappa shape index (κ3) is 4.46. The number of hydrogen-bond donors (Lipinski definition) is 0. The Morgan fingerprint density at radius 3 is 2.48 bits per heavy atom. The maximum Gasteiger partial charge on any atom is 0.233 e. The van der Waals surface area contributed by atoms with Gasteiger partial charge >= 0.3 is 0 Å². The Labute approximate surface area is 163 Å². The van der Waals surface area contributed by atoms with E-state index in [9.17, 15) is 4.79 Å². The summed E-state index contributed by atoms with van der Waals surface area (Å²) in [5, 5.41) is 1.88. The van der Waals surface area contributed by atoms with Crippen LogP contribution in [0.1, 0.15) is 5.56 Å². The number of piperazine rings is 1. The van der Waals surface area contributed by atoms with Crippen molar-refractivity contribution in [2.75, 3.05) is 31.9 Å². The molecule has 3 aromatic rings. The molecule has 1 saturated heterocycles. The number of para-hydroxylation sites is 1. The predicted molar refractivity (Wildman–Crippen MR) is 109 cm³/mol. The molecule has 1 aromatic heterocycles. The van der Waals surface area contributed by atoms with Gasteiger partial charge in [-0.15, -0.1) is 0 Å². The van der Waals surface area contributed by atoms with Crippen molar-refractivity contribution in [3.8, 4) is 0 Å². The van der Waals surface area contributed by atoms with E-state index in [4.69, 9.17) is 0 Å². The van der Waals surface area contributed by atoms with Gasteiger partial charge in [0.15, 0.2) is 0 Å². The van der Waals surface area contributed by atoms with Crippen molar-refractivity contribution in [2.24, 2.45) is 0 Å². The Bertz CT molecular complexity index is 905. The van der Waals surface area contributed by atoms with E-state index in [2.05, 4.69) is 39.1 Å². The topological polar surface area (TPSA) is 49.3 Å². The van der Waals surface area contributed by atoms with Crippen LogP contribution in [-0.4, -0.2) is 57.6 Å². The highest BCUT2D eigenvalue weighted by Gasteiger charge is 2.21. The summed E-state index contributed by atoms with van der Waals surface area (Å²) in [6.07, 6.45) is 1.57. The van der Waals surface area contributed by atoms with Crippen LogP contribution in [0, 0.1) is 0 Å². The number of thioether (sulfide) groups is 1. The summed E-state index contributed by atoms with van der Waals surface area (Å²) in [7, 11) is 0. The van der Waals surface area contributed by atoms with E-state index < -0.39 is 0 Å². The molecule has 0 atom stereocenters. The van der Waals surface area contributed by atoms with Crippen LogP contribution >= 0.6 is 11.8 Å². The van der Waals surface area contributed by atoms with Gasteiger partial charge < -0.3 is 4.90 Å². The highest BCUT2D eigenvalue weighted by Crippen LogP contribution is 2.24. The molecule has 0 radical (unpaired) electrons. The smallest absolute Gasteiger partial charge is 0.233 e. The summed E-state index contributed by atoms with van der Waals surface area (Å²) in [5.41, 5.74) is 2.24. The molecule has 2 aromatic carbocycles. The fraction of sp³-hybridized carbons (Fsp3) is 0.286. The zero-order chi connectivity index (χ0) is 18.5. The summed E-state index contributed by atoms with van der Waals surface area (Å²) in [6, 6.07) is 18.4. The standard InChI is InChI=1S/C21H22N4OS/c26-20(15-27-21-18-8-4-5-9-19(18)22-16-23-21)25-12-10-24(11-13-25)14-17-6-2-1-3-7-17/h1-9,16H,10-15H2. The molecule has 1 aliphatic rings. The first kappa shape index (κ1) is 17.9. The molecule has 0 unspecified atom stereocenters. The Morgan fingerprint density at radius 2 is 1.67 bits per heavy atom. The van der Waals surface area contributed by atoms with Gasteiger partial charge in [0.1, 0.15) is 11.4 Å². The number of aromatic nitrogens is 2. The zero-order valence-electron chi connectivity index (χ0n) is 15.1. The molecule has 0 N–H and O–H groups in total. The fourth-order valence-electron chi connectivity index (χ4n) is 3.31. The first-order chi connectivity index (χ1) is 13.3. The molecule has 5 nitrogen and oxygen atoms in total. The molecular formula is C21H22N4OS. The first-order valence-corrected chi connectivity index (χ1v) is 10.1. The molecule has 1 fully saturated rings. The van der Waals surface area contributed by atoms with Gasteiger partial charge in [0.2, 0.25) is 5.91 Å². The van der Waals surface area contributed by atoms with Crippen molar-refractivity contribution in [1.29, 1.82) is 0 Å². The number of nitrogens with zero attached hydrogens (tertiary/aromatic N) is 4. The molecular weight excluding hydrogens is 356 g/mol. The van der Waals surface area contributed by atoms with Gasteiger partial charge in [-0.3, -0.25) is 9.69 Å². The number of rotatable bonds is 5. The normalized spacial score (nSPS) is 15.2. The Morgan fingerprint density at radius 1 is 0.926 bits per heavy atom. The average Bonchev–Trinajstić information content (AvgIpc) is 2.73. The van der Waals surface area contributed by atoms with E-state index in [1.165, 1.54) is 17.3 Å². The number of carbonyl (C=O) groups is 1. The van der Waals surface area contributed by atoms with E-state index >= 15 is 0 Å². The highest BCUT2D eigenvalue weighted by atomic mass is 32.2. The fourth-order valence-corrected chi connectivity index (χ4v) is 4.21. The van der Waals surface area contributed by atoms with E-state index in [1.807, 2.05) is 35.2 Å². The lowest BCUT2D eigenvalue weighted by molar-refractivity contribution is -0.130. The quantitative estimate of drug-likeness (QED) is 0.504. The third-order valence-corrected chi connectivity index (χ3v) is 5.80. The number of hydrogen-bond acceptors (Lipinski definition) is 5. The van der Waals surface area contributed by atoms with Gasteiger partial charge in [0, 0.05) is 38.1 Å². The van der Waals surface area contributed by atoms with Crippen molar-refractivity contribution in [3.63, 3.8) is 0 Å². The van der Waals surface area contributed by atoms with Crippen molar-refractivity contribution in [3.05, 3.63) is 66.5 Å². The molecule has 1 aliphatic heterocycles. The maximum atomic E-state index is 12.6. The maximum absolute atomic E-state index is 12.6. The lowest BCUT2D eigenvalue weighted by Crippen LogP contribution is -2.48. The van der Waals surface area contributed by atoms with Gasteiger partial charge in [-0.1, -0.05) is 60.3 Å². The summed E-state index contributed by atoms with van der Waals surface area (Å²) in [4.78, 5) is 25.6. The average molecular weight is 379 g/mol. The number of carbonyl (C=O) groups excluding carboxylic acids is 1. The van der Waals surface area contributed by atoms with Crippen LogP contribution < -0.4 is 0 Å². The van der Waals surface area contributed by atoms with Crippen LogP contribution in [0.2, 0.25) is 0 Å². The van der Waals surface area contributed by atoms with E-state index in [0.29, 0.717) is 5.75 Å². The number of amides is 1. The minimum Gasteiger partial charge on any atom is -0.339 e. The van der Waals surface area contributed by atoms with Crippen LogP contribution in [0.15, 0.2) is 66.0 Å². The van der Waals surface area contributed by atoms with Crippen LogP contribution in [0.4, 0.5) is 0 Å². The lowest BCUT2D eigenvalue weighted by atomic mass is 10.2. The van der Waals surface area contributed by atoms with Gasteiger partial charge in [-0.2, -0.15) is 0 Å². The highest BCUT2D eigenvalue weighted by molar-refractivity contribution is 8.00. The van der Waals surface area contributed by atoms with Gasteiger partial charge in [0.05, 0.1) is 11.3 Å². The van der Waals surface area contributed by atoms with E-state index in [-0.39, 0.29) is 5.91 Å². The number of benzene rings is 2. The second kappa shape index (κ2) is 8.50. The van der Waals surface area contributed by atoms with Crippen molar-refractivity contribution in [2.45, 2.75) is 11.6 Å². The minimum absolute atomic E-state index is 0.182. The Balaban J connectivity index is 1.29. The van der Waals surface area contributed by atoms with E-state index in [1.54, 1.807) is 6.33 Å². The predicted octanol–water partition coefficient (Wildman–Crippen LogP) is 3.07. The third-order valence-electron chi connectivity index (χ3n) is 4.81. The van der Waals surface area contributed by atoms with Gasteiger partial charge in [-0.05, 0) is 11.6 Å². The molecule has 1 amide bonds. The lowest BCUT2D eigenvalue weighted by Gasteiger charge is -2.34. The molecule has 2 heterocycles. The second-order valence-electron chi connectivity index (χ2n) is 6.63. The van der Waals surface area contributed by atoms with Crippen molar-refractivity contribution in [1.82, 2.24) is 19.8 Å². The summed E-state index contributed by atoms with van der Waals surface area (Å²) >= 11 is 1.50. The van der Waals surface area contributed by atoms with Crippen molar-refractivity contribution >= 4 is 28.6 Å². The van der Waals surface area contributed by atoms with Crippen LogP contribution in [0.5, 0.6) is 0 Å². The number of fused-ring (bicyclic) bond motifs is 1.